The fraction of sp³-hybridized carbons (Fsp3) is 0.294. The largest absolute Gasteiger partial charge is 0.487 e. The number of hydrogen-bond acceptors (Lipinski definition) is 4. The second-order valence-corrected chi connectivity index (χ2v) is 6.77. The van der Waals surface area contributed by atoms with Crippen LogP contribution in [0, 0.1) is 0 Å². The Morgan fingerprint density at radius 3 is 2.96 bits per heavy atom. The van der Waals surface area contributed by atoms with Crippen molar-refractivity contribution in [1.82, 2.24) is 14.6 Å². The zero-order chi connectivity index (χ0) is 16.0. The molecule has 3 aromatic rings. The number of nitrogens with zero attached hydrogens (tertiary/aromatic N) is 3. The molecule has 0 spiro atoms. The van der Waals surface area contributed by atoms with E-state index >= 15 is 0 Å². The highest BCUT2D eigenvalue weighted by atomic mass is 79.9. The molecule has 2 aromatic heterocycles. The van der Waals surface area contributed by atoms with Gasteiger partial charge in [-0.25, -0.2) is 9.50 Å². The fourth-order valence-corrected chi connectivity index (χ4v) is 3.52. The molecule has 0 saturated heterocycles. The Kier molecular flexibility index (Phi) is 3.49. The highest BCUT2D eigenvalue weighted by Gasteiger charge is 2.34. The van der Waals surface area contributed by atoms with Crippen molar-refractivity contribution in [3.8, 4) is 5.75 Å². The van der Waals surface area contributed by atoms with Crippen LogP contribution in [0.15, 0.2) is 47.2 Å². The SMILES string of the molecule is CC(Nc1ccn2ncc(Br)c2n1)C1Oc2ccccc2C1C. The van der Waals surface area contributed by atoms with Crippen LogP contribution in [-0.4, -0.2) is 26.7 Å². The summed E-state index contributed by atoms with van der Waals surface area (Å²) in [6.07, 6.45) is 3.73. The summed E-state index contributed by atoms with van der Waals surface area (Å²) >= 11 is 3.46. The van der Waals surface area contributed by atoms with Crippen molar-refractivity contribution in [3.63, 3.8) is 0 Å². The molecule has 0 saturated carbocycles. The van der Waals surface area contributed by atoms with Crippen molar-refractivity contribution >= 4 is 27.4 Å². The maximum atomic E-state index is 6.13. The van der Waals surface area contributed by atoms with Gasteiger partial charge in [0.05, 0.1) is 16.7 Å². The number of benzene rings is 1. The summed E-state index contributed by atoms with van der Waals surface area (Å²) in [5.74, 6) is 2.15. The molecule has 0 amide bonds. The third-order valence-electron chi connectivity index (χ3n) is 4.36. The van der Waals surface area contributed by atoms with Crippen molar-refractivity contribution in [2.24, 2.45) is 0 Å². The minimum Gasteiger partial charge on any atom is -0.487 e. The summed E-state index contributed by atoms with van der Waals surface area (Å²) in [6.45, 7) is 4.34. The van der Waals surface area contributed by atoms with Gasteiger partial charge in [0.1, 0.15) is 17.7 Å². The van der Waals surface area contributed by atoms with Crippen LogP contribution in [0.4, 0.5) is 5.82 Å². The zero-order valence-corrected chi connectivity index (χ0v) is 14.5. The Balaban J connectivity index is 1.55. The predicted molar refractivity (Wildman–Crippen MR) is 93.0 cm³/mol. The molecule has 5 nitrogen and oxygen atoms in total. The fourth-order valence-electron chi connectivity index (χ4n) is 3.16. The Labute approximate surface area is 142 Å². The Bertz CT molecular complexity index is 863. The van der Waals surface area contributed by atoms with E-state index in [1.165, 1.54) is 5.56 Å². The average Bonchev–Trinajstić information content (AvgIpc) is 3.09. The number of fused-ring (bicyclic) bond motifs is 2. The third kappa shape index (κ3) is 2.47. The lowest BCUT2D eigenvalue weighted by molar-refractivity contribution is 0.193. The lowest BCUT2D eigenvalue weighted by atomic mass is 9.94. The average molecular weight is 373 g/mol. The molecule has 1 aliphatic rings. The summed E-state index contributed by atoms with van der Waals surface area (Å²) in [7, 11) is 0. The first-order chi connectivity index (χ1) is 11.1. The molecular formula is C17H17BrN4O. The number of hydrogen-bond donors (Lipinski definition) is 1. The lowest BCUT2D eigenvalue weighted by Crippen LogP contribution is -2.36. The van der Waals surface area contributed by atoms with Crippen molar-refractivity contribution < 1.29 is 4.74 Å². The summed E-state index contributed by atoms with van der Waals surface area (Å²) < 4.78 is 8.75. The number of halogens is 1. The highest BCUT2D eigenvalue weighted by Crippen LogP contribution is 2.39. The monoisotopic (exact) mass is 372 g/mol. The van der Waals surface area contributed by atoms with Gasteiger partial charge >= 0.3 is 0 Å². The van der Waals surface area contributed by atoms with Crippen molar-refractivity contribution in [2.45, 2.75) is 31.9 Å². The molecule has 4 rings (SSSR count). The molecule has 1 N–H and O–H groups in total. The number of ether oxygens (including phenoxy) is 1. The third-order valence-corrected chi connectivity index (χ3v) is 4.92. The lowest BCUT2D eigenvalue weighted by Gasteiger charge is -2.24. The molecule has 0 fully saturated rings. The second-order valence-electron chi connectivity index (χ2n) is 5.92. The smallest absolute Gasteiger partial charge is 0.171 e. The van der Waals surface area contributed by atoms with E-state index in [2.05, 4.69) is 57.3 Å². The van der Waals surface area contributed by atoms with Crippen LogP contribution < -0.4 is 10.1 Å². The van der Waals surface area contributed by atoms with E-state index in [4.69, 9.17) is 4.74 Å². The number of nitrogens with one attached hydrogen (secondary N) is 1. The molecule has 0 bridgehead atoms. The summed E-state index contributed by atoms with van der Waals surface area (Å²) in [5.41, 5.74) is 2.07. The topological polar surface area (TPSA) is 51.5 Å². The van der Waals surface area contributed by atoms with Gasteiger partial charge in [0.15, 0.2) is 5.65 Å². The van der Waals surface area contributed by atoms with Crippen LogP contribution in [0.5, 0.6) is 5.75 Å². The maximum absolute atomic E-state index is 6.13. The van der Waals surface area contributed by atoms with E-state index in [0.29, 0.717) is 5.92 Å². The predicted octanol–water partition coefficient (Wildman–Crippen LogP) is 3.86. The molecule has 3 atom stereocenters. The number of anilines is 1. The van der Waals surface area contributed by atoms with Crippen LogP contribution in [-0.2, 0) is 0 Å². The van der Waals surface area contributed by atoms with E-state index in [1.54, 1.807) is 10.7 Å². The van der Waals surface area contributed by atoms with Gasteiger partial charge in [0.2, 0.25) is 0 Å². The first kappa shape index (κ1) is 14.5. The van der Waals surface area contributed by atoms with E-state index in [9.17, 15) is 0 Å². The van der Waals surface area contributed by atoms with Gasteiger partial charge in [-0.05, 0) is 35.0 Å². The number of rotatable bonds is 3. The quantitative estimate of drug-likeness (QED) is 0.758. The summed E-state index contributed by atoms with van der Waals surface area (Å²) in [6, 6.07) is 10.3. The molecule has 3 heterocycles. The zero-order valence-electron chi connectivity index (χ0n) is 12.9. The van der Waals surface area contributed by atoms with Crippen LogP contribution in [0.1, 0.15) is 25.3 Å². The highest BCUT2D eigenvalue weighted by molar-refractivity contribution is 9.10. The van der Waals surface area contributed by atoms with Crippen molar-refractivity contribution in [3.05, 3.63) is 52.8 Å². The molecule has 0 aliphatic carbocycles. The summed E-state index contributed by atoms with van der Waals surface area (Å²) in [4.78, 5) is 4.61. The summed E-state index contributed by atoms with van der Waals surface area (Å²) in [5, 5.41) is 7.67. The van der Waals surface area contributed by atoms with Gasteiger partial charge in [-0.2, -0.15) is 5.10 Å². The van der Waals surface area contributed by atoms with E-state index in [0.717, 1.165) is 21.7 Å². The van der Waals surface area contributed by atoms with Gasteiger partial charge in [-0.1, -0.05) is 25.1 Å². The van der Waals surface area contributed by atoms with Gasteiger partial charge in [0, 0.05) is 17.7 Å². The molecule has 3 unspecified atom stereocenters. The van der Waals surface area contributed by atoms with Crippen molar-refractivity contribution in [1.29, 1.82) is 0 Å². The van der Waals surface area contributed by atoms with E-state index in [1.807, 2.05) is 24.4 Å². The van der Waals surface area contributed by atoms with Gasteiger partial charge < -0.3 is 10.1 Å². The van der Waals surface area contributed by atoms with E-state index < -0.39 is 0 Å². The molecule has 6 heteroatoms. The van der Waals surface area contributed by atoms with Crippen LogP contribution in [0.25, 0.3) is 5.65 Å². The second kappa shape index (κ2) is 5.53. The van der Waals surface area contributed by atoms with Gasteiger partial charge in [-0.15, -0.1) is 0 Å². The normalized spacial score (nSPS) is 21.0. The van der Waals surface area contributed by atoms with Crippen LogP contribution in [0.2, 0.25) is 0 Å². The number of para-hydroxylation sites is 1. The van der Waals surface area contributed by atoms with E-state index in [-0.39, 0.29) is 12.1 Å². The molecule has 0 radical (unpaired) electrons. The molecular weight excluding hydrogens is 356 g/mol. The van der Waals surface area contributed by atoms with Gasteiger partial charge in [-0.3, -0.25) is 0 Å². The first-order valence-corrected chi connectivity index (χ1v) is 8.45. The molecule has 1 aliphatic heterocycles. The molecule has 118 valence electrons. The minimum absolute atomic E-state index is 0.0822. The molecule has 23 heavy (non-hydrogen) atoms. The Morgan fingerprint density at radius 2 is 2.13 bits per heavy atom. The van der Waals surface area contributed by atoms with Crippen LogP contribution in [0.3, 0.4) is 0 Å². The number of aromatic nitrogens is 3. The standard InChI is InChI=1S/C17H17BrN4O/c1-10-12-5-3-4-6-14(12)23-16(10)11(2)20-15-7-8-22-17(21-15)13(18)9-19-22/h3-11,16H,1-2H3,(H,20,21). The Morgan fingerprint density at radius 1 is 1.30 bits per heavy atom. The minimum atomic E-state index is 0.0822. The van der Waals surface area contributed by atoms with Gasteiger partial charge in [0.25, 0.3) is 0 Å². The first-order valence-electron chi connectivity index (χ1n) is 7.65. The maximum Gasteiger partial charge on any atom is 0.171 e. The van der Waals surface area contributed by atoms with Crippen LogP contribution >= 0.6 is 15.9 Å². The molecule has 1 aromatic carbocycles. The Hall–Kier alpha value is -2.08. The van der Waals surface area contributed by atoms with Crippen molar-refractivity contribution in [2.75, 3.05) is 5.32 Å².